The van der Waals surface area contributed by atoms with Gasteiger partial charge in [-0.25, -0.2) is 0 Å². The average Bonchev–Trinajstić information content (AvgIpc) is 2.49. The molecule has 0 aliphatic heterocycles. The summed E-state index contributed by atoms with van der Waals surface area (Å²) < 4.78 is 0. The number of carbonyl (C=O) groups is 1. The third kappa shape index (κ3) is 1.60. The van der Waals surface area contributed by atoms with Crippen molar-refractivity contribution in [2.45, 2.75) is 12.8 Å². The first kappa shape index (κ1) is 10.0. The number of pyridine rings is 1. The molecule has 1 aliphatic carbocycles. The molecule has 1 aliphatic rings. The molecule has 0 saturated carbocycles. The first-order valence-corrected chi connectivity index (χ1v) is 5.63. The maximum atomic E-state index is 12.4. The largest absolute Gasteiger partial charge is 0.399 e. The molecule has 0 spiro atoms. The number of hydrogen-bond donors (Lipinski definition) is 1. The lowest BCUT2D eigenvalue weighted by atomic mass is 9.99. The molecular weight excluding hydrogens is 212 g/mol. The second-order valence-corrected chi connectivity index (χ2v) is 4.24. The molecule has 1 heterocycles. The van der Waals surface area contributed by atoms with E-state index in [4.69, 9.17) is 5.73 Å². The number of ketones is 1. The Labute approximate surface area is 99.3 Å². The molecule has 3 rings (SSSR count). The Kier molecular flexibility index (Phi) is 2.18. The number of aromatic nitrogens is 1. The molecule has 0 unspecified atom stereocenters. The van der Waals surface area contributed by atoms with Gasteiger partial charge in [0.25, 0.3) is 0 Å². The lowest BCUT2D eigenvalue weighted by molar-refractivity contribution is 0.103. The third-order valence-corrected chi connectivity index (χ3v) is 3.14. The molecular formula is C14H12N2O. The fourth-order valence-electron chi connectivity index (χ4n) is 2.27. The molecule has 0 atom stereocenters. The minimum atomic E-state index is 0.0351. The normalized spacial score (nSPS) is 13.8. The van der Waals surface area contributed by atoms with E-state index in [0.29, 0.717) is 11.3 Å². The first-order chi connectivity index (χ1) is 8.25. The molecule has 3 heteroatoms. The van der Waals surface area contributed by atoms with Gasteiger partial charge in [0.15, 0.2) is 5.78 Å². The van der Waals surface area contributed by atoms with Gasteiger partial charge in [0.2, 0.25) is 0 Å². The standard InChI is InChI=1S/C14H12N2O/c15-10-5-3-9-4-6-13-11(2-1-7-16-13)14(17)12(9)8-10/h1-3,5,7-8H,4,6,15H2. The summed E-state index contributed by atoms with van der Waals surface area (Å²) >= 11 is 0. The number of fused-ring (bicyclic) bond motifs is 2. The van der Waals surface area contributed by atoms with E-state index in [1.165, 1.54) is 0 Å². The van der Waals surface area contributed by atoms with Crippen molar-refractivity contribution in [2.75, 3.05) is 5.73 Å². The summed E-state index contributed by atoms with van der Waals surface area (Å²) in [5.41, 5.74) is 9.74. The highest BCUT2D eigenvalue weighted by Gasteiger charge is 2.21. The van der Waals surface area contributed by atoms with Crippen LogP contribution in [0.5, 0.6) is 0 Å². The van der Waals surface area contributed by atoms with E-state index in [0.717, 1.165) is 29.7 Å². The van der Waals surface area contributed by atoms with Gasteiger partial charge in [-0.05, 0) is 42.7 Å². The monoisotopic (exact) mass is 224 g/mol. The fourth-order valence-corrected chi connectivity index (χ4v) is 2.27. The van der Waals surface area contributed by atoms with E-state index in [1.54, 1.807) is 18.3 Å². The van der Waals surface area contributed by atoms with Gasteiger partial charge in [0.1, 0.15) is 0 Å². The predicted molar refractivity (Wildman–Crippen MR) is 65.9 cm³/mol. The van der Waals surface area contributed by atoms with Crippen LogP contribution in [0.25, 0.3) is 0 Å². The Bertz CT molecular complexity index is 605. The van der Waals surface area contributed by atoms with E-state index in [1.807, 2.05) is 18.2 Å². The van der Waals surface area contributed by atoms with Crippen molar-refractivity contribution in [3.63, 3.8) is 0 Å². The van der Waals surface area contributed by atoms with Crippen molar-refractivity contribution in [1.82, 2.24) is 4.98 Å². The lowest BCUT2D eigenvalue weighted by Crippen LogP contribution is -2.05. The van der Waals surface area contributed by atoms with Crippen LogP contribution in [0, 0.1) is 0 Å². The number of nitrogen functional groups attached to an aromatic ring is 1. The molecule has 2 aromatic rings. The molecule has 84 valence electrons. The maximum absolute atomic E-state index is 12.4. The molecule has 0 bridgehead atoms. The van der Waals surface area contributed by atoms with Crippen LogP contribution in [0.15, 0.2) is 36.5 Å². The van der Waals surface area contributed by atoms with Gasteiger partial charge in [-0.3, -0.25) is 9.78 Å². The molecule has 3 nitrogen and oxygen atoms in total. The summed E-state index contributed by atoms with van der Waals surface area (Å²) in [7, 11) is 0. The molecule has 0 amide bonds. The fraction of sp³-hybridized carbons (Fsp3) is 0.143. The van der Waals surface area contributed by atoms with Gasteiger partial charge < -0.3 is 5.73 Å². The van der Waals surface area contributed by atoms with Crippen molar-refractivity contribution in [3.8, 4) is 0 Å². The number of nitrogens with two attached hydrogens (primary N) is 1. The number of aryl methyl sites for hydroxylation is 2. The maximum Gasteiger partial charge on any atom is 0.195 e. The summed E-state index contributed by atoms with van der Waals surface area (Å²) in [6.07, 6.45) is 3.38. The van der Waals surface area contributed by atoms with Crippen molar-refractivity contribution in [2.24, 2.45) is 0 Å². The summed E-state index contributed by atoms with van der Waals surface area (Å²) in [5.74, 6) is 0.0351. The van der Waals surface area contributed by atoms with Gasteiger partial charge in [-0.15, -0.1) is 0 Å². The quantitative estimate of drug-likeness (QED) is 0.696. The van der Waals surface area contributed by atoms with E-state index < -0.39 is 0 Å². The van der Waals surface area contributed by atoms with Crippen LogP contribution in [0.2, 0.25) is 0 Å². The number of carbonyl (C=O) groups excluding carboxylic acids is 1. The molecule has 0 radical (unpaired) electrons. The lowest BCUT2D eigenvalue weighted by Gasteiger charge is -2.05. The van der Waals surface area contributed by atoms with Crippen LogP contribution in [-0.2, 0) is 12.8 Å². The zero-order valence-electron chi connectivity index (χ0n) is 9.31. The first-order valence-electron chi connectivity index (χ1n) is 5.63. The number of rotatable bonds is 0. The number of nitrogens with zero attached hydrogens (tertiary/aromatic N) is 1. The number of anilines is 1. The summed E-state index contributed by atoms with van der Waals surface area (Å²) in [4.78, 5) is 16.7. The molecule has 0 saturated heterocycles. The van der Waals surface area contributed by atoms with Gasteiger partial charge in [0.05, 0.1) is 5.69 Å². The molecule has 2 N–H and O–H groups in total. The van der Waals surface area contributed by atoms with Crippen molar-refractivity contribution < 1.29 is 4.79 Å². The molecule has 1 aromatic carbocycles. The van der Waals surface area contributed by atoms with Crippen LogP contribution in [-0.4, -0.2) is 10.8 Å². The number of hydrogen-bond acceptors (Lipinski definition) is 3. The van der Waals surface area contributed by atoms with Gasteiger partial charge in [0, 0.05) is 23.0 Å². The zero-order valence-corrected chi connectivity index (χ0v) is 9.31. The van der Waals surface area contributed by atoms with Crippen molar-refractivity contribution in [3.05, 3.63) is 58.9 Å². The highest BCUT2D eigenvalue weighted by molar-refractivity contribution is 6.11. The molecule has 17 heavy (non-hydrogen) atoms. The second-order valence-electron chi connectivity index (χ2n) is 4.24. The van der Waals surface area contributed by atoms with Crippen LogP contribution >= 0.6 is 0 Å². The molecule has 1 aromatic heterocycles. The second kappa shape index (κ2) is 3.70. The van der Waals surface area contributed by atoms with Gasteiger partial charge >= 0.3 is 0 Å². The minimum absolute atomic E-state index is 0.0351. The Hall–Kier alpha value is -2.16. The topological polar surface area (TPSA) is 56.0 Å². The van der Waals surface area contributed by atoms with Crippen LogP contribution < -0.4 is 5.73 Å². The molecule has 0 fully saturated rings. The van der Waals surface area contributed by atoms with E-state index in [2.05, 4.69) is 4.98 Å². The number of benzene rings is 1. The third-order valence-electron chi connectivity index (χ3n) is 3.14. The SMILES string of the molecule is Nc1ccc2c(c1)C(=O)c1cccnc1CC2. The van der Waals surface area contributed by atoms with E-state index in [9.17, 15) is 4.79 Å². The predicted octanol–water partition coefficient (Wildman–Crippen LogP) is 1.99. The van der Waals surface area contributed by atoms with Crippen molar-refractivity contribution in [1.29, 1.82) is 0 Å². The van der Waals surface area contributed by atoms with Crippen molar-refractivity contribution >= 4 is 11.5 Å². The van der Waals surface area contributed by atoms with E-state index in [-0.39, 0.29) is 5.78 Å². The summed E-state index contributed by atoms with van der Waals surface area (Å²) in [6.45, 7) is 0. The minimum Gasteiger partial charge on any atom is -0.399 e. The van der Waals surface area contributed by atoms with Crippen LogP contribution in [0.4, 0.5) is 5.69 Å². The van der Waals surface area contributed by atoms with Gasteiger partial charge in [-0.2, -0.15) is 0 Å². The zero-order chi connectivity index (χ0) is 11.8. The Morgan fingerprint density at radius 1 is 1.12 bits per heavy atom. The van der Waals surface area contributed by atoms with Crippen LogP contribution in [0.3, 0.4) is 0 Å². The van der Waals surface area contributed by atoms with Crippen LogP contribution in [0.1, 0.15) is 27.2 Å². The highest BCUT2D eigenvalue weighted by atomic mass is 16.1. The Morgan fingerprint density at radius 3 is 2.88 bits per heavy atom. The Balaban J connectivity index is 2.22. The highest BCUT2D eigenvalue weighted by Crippen LogP contribution is 2.24. The summed E-state index contributed by atoms with van der Waals surface area (Å²) in [6, 6.07) is 9.18. The summed E-state index contributed by atoms with van der Waals surface area (Å²) in [5, 5.41) is 0. The smallest absolute Gasteiger partial charge is 0.195 e. The van der Waals surface area contributed by atoms with E-state index >= 15 is 0 Å². The average molecular weight is 224 g/mol. The van der Waals surface area contributed by atoms with Gasteiger partial charge in [-0.1, -0.05) is 6.07 Å². The Morgan fingerprint density at radius 2 is 2.00 bits per heavy atom.